The van der Waals surface area contributed by atoms with Crippen molar-refractivity contribution in [2.45, 2.75) is 45.1 Å². The molecule has 1 aromatic rings. The van der Waals surface area contributed by atoms with Crippen LogP contribution in [0.5, 0.6) is 0 Å². The van der Waals surface area contributed by atoms with Crippen molar-refractivity contribution in [1.82, 2.24) is 31.5 Å². The highest BCUT2D eigenvalue weighted by Crippen LogP contribution is 2.23. The number of carboxylic acids is 1. The number of carboxylic acid groups (broad SMARTS) is 1. The number of amides is 6. The smallest absolute Gasteiger partial charge is 0.322 e. The van der Waals surface area contributed by atoms with Gasteiger partial charge in [0.15, 0.2) is 0 Å². The van der Waals surface area contributed by atoms with Crippen LogP contribution in [0.25, 0.3) is 0 Å². The van der Waals surface area contributed by atoms with Crippen molar-refractivity contribution >= 4 is 47.1 Å². The molecule has 1 aliphatic rings. The molecule has 0 bridgehead atoms. The molecule has 0 saturated carbocycles. The standard InChI is InChI=1S/C28H41N7O8/c1-20(36)35(21-6-3-2-4-7-21)22-10-13-34(14-11-22)15-12-29-23(37)8-5-9-24(38)30-16-25(39)31-17-26(40)32-18-27(41)33-19-28(42)43/h2-4,6-7,22H,5,8-19H2,1H3,(H,29,37)(H,30,38)(H,31,39)(H,32,40)(H,33,41)(H,42,43). The second-order valence-corrected chi connectivity index (χ2v) is 10.0. The Bertz CT molecular complexity index is 1120. The Kier molecular flexibility index (Phi) is 15.2. The minimum absolute atomic E-state index is 0.0235. The van der Waals surface area contributed by atoms with E-state index in [1.807, 2.05) is 35.2 Å². The van der Waals surface area contributed by atoms with E-state index in [0.717, 1.165) is 31.6 Å². The minimum atomic E-state index is -1.22. The van der Waals surface area contributed by atoms with Gasteiger partial charge in [-0.15, -0.1) is 0 Å². The van der Waals surface area contributed by atoms with Crippen LogP contribution in [-0.4, -0.2) is 110 Å². The van der Waals surface area contributed by atoms with Gasteiger partial charge in [0, 0.05) is 57.7 Å². The summed E-state index contributed by atoms with van der Waals surface area (Å²) in [5.74, 6) is -3.76. The van der Waals surface area contributed by atoms with Gasteiger partial charge in [-0.2, -0.15) is 0 Å². The summed E-state index contributed by atoms with van der Waals surface area (Å²) in [6.45, 7) is 2.59. The quantitative estimate of drug-likeness (QED) is 0.120. The number of nitrogens with zero attached hydrogens (tertiary/aromatic N) is 2. The second-order valence-electron chi connectivity index (χ2n) is 10.0. The first kappa shape index (κ1) is 34.7. The maximum atomic E-state index is 12.3. The van der Waals surface area contributed by atoms with Crippen molar-refractivity contribution in [3.63, 3.8) is 0 Å². The molecule has 1 aliphatic heterocycles. The number of hydrogen-bond donors (Lipinski definition) is 6. The number of rotatable bonds is 17. The van der Waals surface area contributed by atoms with Crippen LogP contribution in [0.1, 0.15) is 39.0 Å². The molecule has 0 atom stereocenters. The number of anilines is 1. The van der Waals surface area contributed by atoms with Gasteiger partial charge in [-0.3, -0.25) is 33.6 Å². The summed E-state index contributed by atoms with van der Waals surface area (Å²) in [4.78, 5) is 85.7. The number of aliphatic carboxylic acids is 1. The largest absolute Gasteiger partial charge is 0.480 e. The fraction of sp³-hybridized carbons (Fsp3) is 0.536. The Morgan fingerprint density at radius 1 is 0.744 bits per heavy atom. The van der Waals surface area contributed by atoms with Gasteiger partial charge in [-0.05, 0) is 31.4 Å². The van der Waals surface area contributed by atoms with E-state index in [1.165, 1.54) is 0 Å². The molecule has 0 radical (unpaired) electrons. The van der Waals surface area contributed by atoms with Gasteiger partial charge in [0.1, 0.15) is 6.54 Å². The lowest BCUT2D eigenvalue weighted by Gasteiger charge is -2.38. The van der Waals surface area contributed by atoms with Gasteiger partial charge >= 0.3 is 5.97 Å². The maximum Gasteiger partial charge on any atom is 0.322 e. The van der Waals surface area contributed by atoms with Gasteiger partial charge in [0.25, 0.3) is 0 Å². The third kappa shape index (κ3) is 14.3. The van der Waals surface area contributed by atoms with Crippen LogP contribution in [-0.2, 0) is 33.6 Å². The molecule has 0 spiro atoms. The average Bonchev–Trinajstić information content (AvgIpc) is 2.98. The highest BCUT2D eigenvalue weighted by Gasteiger charge is 2.27. The fourth-order valence-electron chi connectivity index (χ4n) is 4.48. The Labute approximate surface area is 250 Å². The van der Waals surface area contributed by atoms with Gasteiger partial charge < -0.3 is 41.5 Å². The SMILES string of the molecule is CC(=O)N(c1ccccc1)C1CCN(CCNC(=O)CCCC(=O)NCC(=O)NCC(=O)NCC(=O)NCC(=O)O)CC1. The van der Waals surface area contributed by atoms with Gasteiger partial charge in [0.2, 0.25) is 35.4 Å². The highest BCUT2D eigenvalue weighted by atomic mass is 16.4. The molecular formula is C28H41N7O8. The molecule has 6 amide bonds. The van der Waals surface area contributed by atoms with Crippen molar-refractivity contribution in [1.29, 1.82) is 0 Å². The Balaban J connectivity index is 1.51. The predicted octanol–water partition coefficient (Wildman–Crippen LogP) is -1.66. The molecule has 0 aliphatic carbocycles. The second kappa shape index (κ2) is 18.8. The Morgan fingerprint density at radius 3 is 1.74 bits per heavy atom. The Morgan fingerprint density at radius 2 is 1.23 bits per heavy atom. The maximum absolute atomic E-state index is 12.3. The van der Waals surface area contributed by atoms with Crippen LogP contribution in [0.3, 0.4) is 0 Å². The van der Waals surface area contributed by atoms with Crippen molar-refractivity contribution in [3.8, 4) is 0 Å². The summed E-state index contributed by atoms with van der Waals surface area (Å²) in [7, 11) is 0. The monoisotopic (exact) mass is 603 g/mol. The van der Waals surface area contributed by atoms with E-state index in [2.05, 4.69) is 31.5 Å². The zero-order chi connectivity index (χ0) is 31.6. The molecule has 43 heavy (non-hydrogen) atoms. The van der Waals surface area contributed by atoms with E-state index >= 15 is 0 Å². The third-order valence-corrected chi connectivity index (χ3v) is 6.63. The van der Waals surface area contributed by atoms with Crippen molar-refractivity contribution < 1.29 is 38.7 Å². The molecule has 6 N–H and O–H groups in total. The molecular weight excluding hydrogens is 562 g/mol. The number of piperidine rings is 1. The summed E-state index contributed by atoms with van der Waals surface area (Å²) in [5.41, 5.74) is 0.902. The lowest BCUT2D eigenvalue weighted by molar-refractivity contribution is -0.137. The number of carbonyl (C=O) groups is 7. The third-order valence-electron chi connectivity index (χ3n) is 6.63. The number of carbonyl (C=O) groups excluding carboxylic acids is 6. The predicted molar refractivity (Wildman–Crippen MR) is 156 cm³/mol. The van der Waals surface area contributed by atoms with Crippen molar-refractivity contribution in [3.05, 3.63) is 30.3 Å². The fourth-order valence-corrected chi connectivity index (χ4v) is 4.48. The lowest BCUT2D eigenvalue weighted by Crippen LogP contribution is -2.48. The number of nitrogens with one attached hydrogen (secondary N) is 5. The van der Waals surface area contributed by atoms with Crippen LogP contribution in [0.2, 0.25) is 0 Å². The number of para-hydroxylation sites is 1. The lowest BCUT2D eigenvalue weighted by atomic mass is 10.0. The van der Waals surface area contributed by atoms with E-state index < -0.39 is 49.2 Å². The first-order valence-corrected chi connectivity index (χ1v) is 14.2. The van der Waals surface area contributed by atoms with E-state index in [9.17, 15) is 33.6 Å². The zero-order valence-corrected chi connectivity index (χ0v) is 24.4. The molecule has 1 heterocycles. The average molecular weight is 604 g/mol. The first-order chi connectivity index (χ1) is 20.5. The molecule has 1 aromatic carbocycles. The van der Waals surface area contributed by atoms with E-state index in [-0.39, 0.29) is 37.2 Å². The summed E-state index contributed by atoms with van der Waals surface area (Å²) in [6.07, 6.45) is 2.20. The molecule has 2 rings (SSSR count). The van der Waals surface area contributed by atoms with Crippen molar-refractivity contribution in [2.75, 3.05) is 57.3 Å². The van der Waals surface area contributed by atoms with Crippen LogP contribution >= 0.6 is 0 Å². The van der Waals surface area contributed by atoms with Crippen LogP contribution < -0.4 is 31.5 Å². The highest BCUT2D eigenvalue weighted by molar-refractivity contribution is 5.92. The zero-order valence-electron chi connectivity index (χ0n) is 24.4. The minimum Gasteiger partial charge on any atom is -0.480 e. The molecule has 15 nitrogen and oxygen atoms in total. The van der Waals surface area contributed by atoms with Crippen LogP contribution in [0.4, 0.5) is 5.69 Å². The van der Waals surface area contributed by atoms with E-state index in [1.54, 1.807) is 6.92 Å². The molecule has 0 aromatic heterocycles. The first-order valence-electron chi connectivity index (χ1n) is 14.2. The summed E-state index contributed by atoms with van der Waals surface area (Å²) in [6, 6.07) is 9.78. The number of hydrogen-bond acceptors (Lipinski definition) is 8. The molecule has 1 fully saturated rings. The summed E-state index contributed by atoms with van der Waals surface area (Å²) < 4.78 is 0. The number of likely N-dealkylation sites (tertiary alicyclic amines) is 1. The Hall–Kier alpha value is -4.53. The van der Waals surface area contributed by atoms with Gasteiger partial charge in [-0.1, -0.05) is 18.2 Å². The summed E-state index contributed by atoms with van der Waals surface area (Å²) in [5, 5.41) is 20.3. The topological polar surface area (TPSA) is 206 Å². The van der Waals surface area contributed by atoms with E-state index in [0.29, 0.717) is 19.5 Å². The normalized spacial score (nSPS) is 13.3. The van der Waals surface area contributed by atoms with Gasteiger partial charge in [-0.25, -0.2) is 0 Å². The molecule has 1 saturated heterocycles. The van der Waals surface area contributed by atoms with E-state index in [4.69, 9.17) is 5.11 Å². The van der Waals surface area contributed by atoms with Crippen molar-refractivity contribution in [2.24, 2.45) is 0 Å². The van der Waals surface area contributed by atoms with Gasteiger partial charge in [0.05, 0.1) is 19.6 Å². The molecule has 236 valence electrons. The van der Waals surface area contributed by atoms with Crippen LogP contribution in [0, 0.1) is 0 Å². The molecule has 15 heteroatoms. The molecule has 0 unspecified atom stereocenters. The summed E-state index contributed by atoms with van der Waals surface area (Å²) >= 11 is 0. The number of benzene rings is 1. The van der Waals surface area contributed by atoms with Crippen LogP contribution in [0.15, 0.2) is 30.3 Å².